The molecule has 0 saturated heterocycles. The second-order valence-electron chi connectivity index (χ2n) is 8.95. The fourth-order valence-electron chi connectivity index (χ4n) is 4.42. The van der Waals surface area contributed by atoms with Gasteiger partial charge in [-0.2, -0.15) is 4.31 Å². The molecule has 1 aliphatic carbocycles. The highest BCUT2D eigenvalue weighted by molar-refractivity contribution is 7.89. The molecule has 1 N–H and O–H groups in total. The summed E-state index contributed by atoms with van der Waals surface area (Å²) in [6.07, 6.45) is 5.07. The van der Waals surface area contributed by atoms with E-state index in [2.05, 4.69) is 5.32 Å². The fourth-order valence-corrected chi connectivity index (χ4v) is 5.66. The van der Waals surface area contributed by atoms with E-state index in [-0.39, 0.29) is 23.4 Å². The molecule has 0 heterocycles. The number of amides is 2. The molecule has 2 amide bonds. The topological polar surface area (TPSA) is 86.8 Å². The van der Waals surface area contributed by atoms with E-state index >= 15 is 0 Å². The zero-order valence-electron chi connectivity index (χ0n) is 20.3. The molecule has 1 aliphatic rings. The van der Waals surface area contributed by atoms with Crippen molar-refractivity contribution >= 4 is 33.4 Å². The van der Waals surface area contributed by atoms with E-state index in [9.17, 15) is 18.0 Å². The molecule has 9 heteroatoms. The Kier molecular flexibility index (Phi) is 9.71. The van der Waals surface area contributed by atoms with Crippen molar-refractivity contribution in [3.05, 3.63) is 65.2 Å². The van der Waals surface area contributed by atoms with E-state index < -0.39 is 22.0 Å². The molecular formula is C26H34ClN3O4S. The number of likely N-dealkylation sites (N-methyl/N-ethyl adjacent to an activating group) is 1. The van der Waals surface area contributed by atoms with Crippen molar-refractivity contribution in [3.8, 4) is 0 Å². The van der Waals surface area contributed by atoms with Gasteiger partial charge in [-0.05, 0) is 55.5 Å². The van der Waals surface area contributed by atoms with Gasteiger partial charge in [0.1, 0.15) is 6.04 Å². The Bertz CT molecular complexity index is 1090. The van der Waals surface area contributed by atoms with E-state index in [0.29, 0.717) is 24.4 Å². The number of sulfonamides is 1. The Hall–Kier alpha value is -2.42. The van der Waals surface area contributed by atoms with Crippen LogP contribution in [0.25, 0.3) is 0 Å². The molecule has 0 aromatic heterocycles. The third kappa shape index (κ3) is 7.29. The van der Waals surface area contributed by atoms with Gasteiger partial charge in [-0.3, -0.25) is 9.59 Å². The standard InChI is InChI=1S/C26H34ClN3O4S/c1-3-24(26(32)28-22-11-7-8-12-22)30(18-17-20-9-5-4-6-10-20)25(31)19-29(2)35(33,34)23-15-13-21(27)14-16-23/h4-6,9-10,13-16,22,24H,3,7-8,11-12,17-19H2,1-2H3,(H,28,32). The summed E-state index contributed by atoms with van der Waals surface area (Å²) in [4.78, 5) is 28.2. The number of carbonyl (C=O) groups is 2. The maximum Gasteiger partial charge on any atom is 0.243 e. The molecule has 1 unspecified atom stereocenters. The zero-order valence-corrected chi connectivity index (χ0v) is 21.9. The quantitative estimate of drug-likeness (QED) is 0.488. The Labute approximate surface area is 213 Å². The van der Waals surface area contributed by atoms with Gasteiger partial charge in [0.05, 0.1) is 11.4 Å². The van der Waals surface area contributed by atoms with Crippen molar-refractivity contribution in [2.45, 2.75) is 62.4 Å². The minimum absolute atomic E-state index is 0.0547. The van der Waals surface area contributed by atoms with Gasteiger partial charge < -0.3 is 10.2 Å². The van der Waals surface area contributed by atoms with Crippen LogP contribution >= 0.6 is 11.6 Å². The number of benzene rings is 2. The summed E-state index contributed by atoms with van der Waals surface area (Å²) in [5, 5.41) is 3.53. The molecule has 2 aromatic carbocycles. The van der Waals surface area contributed by atoms with Crippen LogP contribution in [0.3, 0.4) is 0 Å². The number of rotatable bonds is 11. The largest absolute Gasteiger partial charge is 0.352 e. The van der Waals surface area contributed by atoms with Gasteiger partial charge in [0.2, 0.25) is 21.8 Å². The van der Waals surface area contributed by atoms with Gasteiger partial charge >= 0.3 is 0 Å². The molecule has 0 spiro atoms. The molecule has 7 nitrogen and oxygen atoms in total. The summed E-state index contributed by atoms with van der Waals surface area (Å²) >= 11 is 5.89. The molecule has 0 aliphatic heterocycles. The number of hydrogen-bond donors (Lipinski definition) is 1. The molecule has 35 heavy (non-hydrogen) atoms. The van der Waals surface area contributed by atoms with Gasteiger partial charge in [-0.25, -0.2) is 8.42 Å². The van der Waals surface area contributed by atoms with Crippen LogP contribution in [0.15, 0.2) is 59.5 Å². The highest BCUT2D eigenvalue weighted by Crippen LogP contribution is 2.20. The van der Waals surface area contributed by atoms with Crippen molar-refractivity contribution in [1.29, 1.82) is 0 Å². The average Bonchev–Trinajstić information content (AvgIpc) is 3.35. The van der Waals surface area contributed by atoms with Gasteiger partial charge in [0, 0.05) is 24.7 Å². The van der Waals surface area contributed by atoms with Crippen molar-refractivity contribution in [2.24, 2.45) is 0 Å². The monoisotopic (exact) mass is 519 g/mol. The molecule has 190 valence electrons. The SMILES string of the molecule is CCC(C(=O)NC1CCCC1)N(CCc1ccccc1)C(=O)CN(C)S(=O)(=O)c1ccc(Cl)cc1. The summed E-state index contributed by atoms with van der Waals surface area (Å²) in [5.74, 6) is -0.585. The molecule has 1 atom stereocenters. The summed E-state index contributed by atoms with van der Waals surface area (Å²) < 4.78 is 27.1. The first-order valence-electron chi connectivity index (χ1n) is 12.1. The van der Waals surface area contributed by atoms with Crippen LogP contribution in [-0.4, -0.2) is 61.7 Å². The highest BCUT2D eigenvalue weighted by Gasteiger charge is 2.32. The van der Waals surface area contributed by atoms with Crippen LogP contribution in [0.5, 0.6) is 0 Å². The maximum atomic E-state index is 13.5. The summed E-state index contributed by atoms with van der Waals surface area (Å²) in [5.41, 5.74) is 1.04. The molecule has 0 radical (unpaired) electrons. The zero-order chi connectivity index (χ0) is 25.4. The maximum absolute atomic E-state index is 13.5. The van der Waals surface area contributed by atoms with E-state index in [1.54, 1.807) is 0 Å². The molecule has 0 bridgehead atoms. The minimum atomic E-state index is -3.90. The van der Waals surface area contributed by atoms with E-state index in [1.807, 2.05) is 37.3 Å². The molecule has 3 rings (SSSR count). The van der Waals surface area contributed by atoms with E-state index in [4.69, 9.17) is 11.6 Å². The Balaban J connectivity index is 1.78. The van der Waals surface area contributed by atoms with E-state index in [0.717, 1.165) is 35.6 Å². The van der Waals surface area contributed by atoms with Crippen LogP contribution < -0.4 is 5.32 Å². The normalized spacial score (nSPS) is 15.2. The predicted octanol–water partition coefficient (Wildman–Crippen LogP) is 3.87. The Morgan fingerprint density at radius 3 is 2.29 bits per heavy atom. The lowest BCUT2D eigenvalue weighted by atomic mass is 10.1. The lowest BCUT2D eigenvalue weighted by molar-refractivity contribution is -0.141. The average molecular weight is 520 g/mol. The highest BCUT2D eigenvalue weighted by atomic mass is 35.5. The third-order valence-electron chi connectivity index (χ3n) is 6.45. The smallest absolute Gasteiger partial charge is 0.243 e. The van der Waals surface area contributed by atoms with Crippen LogP contribution in [-0.2, 0) is 26.0 Å². The second kappa shape index (κ2) is 12.5. The first kappa shape index (κ1) is 27.2. The molecular weight excluding hydrogens is 486 g/mol. The summed E-state index contributed by atoms with van der Waals surface area (Å²) in [7, 11) is -2.52. The van der Waals surface area contributed by atoms with E-state index in [1.165, 1.54) is 36.2 Å². The predicted molar refractivity (Wildman–Crippen MR) is 138 cm³/mol. The molecule has 1 fully saturated rings. The number of halogens is 1. The summed E-state index contributed by atoms with van der Waals surface area (Å²) in [6, 6.07) is 15.0. The first-order valence-corrected chi connectivity index (χ1v) is 13.9. The van der Waals surface area contributed by atoms with Crippen molar-refractivity contribution in [1.82, 2.24) is 14.5 Å². The lowest BCUT2D eigenvalue weighted by Gasteiger charge is -2.32. The Morgan fingerprint density at radius 2 is 1.69 bits per heavy atom. The van der Waals surface area contributed by atoms with Gasteiger partial charge in [-0.15, -0.1) is 0 Å². The van der Waals surface area contributed by atoms with Crippen molar-refractivity contribution < 1.29 is 18.0 Å². The van der Waals surface area contributed by atoms with Gasteiger partial charge in [0.15, 0.2) is 0 Å². The molecule has 2 aromatic rings. The second-order valence-corrected chi connectivity index (χ2v) is 11.4. The molecule has 1 saturated carbocycles. The lowest BCUT2D eigenvalue weighted by Crippen LogP contribution is -2.54. The van der Waals surface area contributed by atoms with Crippen molar-refractivity contribution in [3.63, 3.8) is 0 Å². The van der Waals surface area contributed by atoms with Crippen LogP contribution in [0.1, 0.15) is 44.6 Å². The van der Waals surface area contributed by atoms with Gasteiger partial charge in [0.25, 0.3) is 0 Å². The number of nitrogens with zero attached hydrogens (tertiary/aromatic N) is 2. The number of nitrogens with one attached hydrogen (secondary N) is 1. The third-order valence-corrected chi connectivity index (χ3v) is 8.52. The van der Waals surface area contributed by atoms with Crippen LogP contribution in [0.4, 0.5) is 0 Å². The van der Waals surface area contributed by atoms with Crippen LogP contribution in [0.2, 0.25) is 5.02 Å². The van der Waals surface area contributed by atoms with Gasteiger partial charge in [-0.1, -0.05) is 61.7 Å². The number of carbonyl (C=O) groups excluding carboxylic acids is 2. The fraction of sp³-hybridized carbons (Fsp3) is 0.462. The van der Waals surface area contributed by atoms with Crippen LogP contribution in [0, 0.1) is 0 Å². The number of hydrogen-bond acceptors (Lipinski definition) is 4. The minimum Gasteiger partial charge on any atom is -0.352 e. The van der Waals surface area contributed by atoms with Crippen molar-refractivity contribution in [2.75, 3.05) is 20.1 Å². The summed E-state index contributed by atoms with van der Waals surface area (Å²) in [6.45, 7) is 1.82. The first-order chi connectivity index (χ1) is 16.7. The Morgan fingerprint density at radius 1 is 1.06 bits per heavy atom.